The minimum Gasteiger partial charge on any atom is -0.362 e. The van der Waals surface area contributed by atoms with Gasteiger partial charge in [0.1, 0.15) is 5.82 Å². The first-order chi connectivity index (χ1) is 17.9. The topological polar surface area (TPSA) is 127 Å². The zero-order chi connectivity index (χ0) is 27.5. The predicted molar refractivity (Wildman–Crippen MR) is 137 cm³/mol. The molecule has 3 aromatic carbocycles. The fraction of sp³-hybridized carbons (Fsp3) is 0.115. The van der Waals surface area contributed by atoms with Crippen LogP contribution >= 0.6 is 0 Å². The van der Waals surface area contributed by atoms with E-state index in [1.165, 1.54) is 36.7 Å². The number of hydrogen-bond acceptors (Lipinski definition) is 6. The molecule has 4 rings (SSSR count). The Balaban J connectivity index is 1.47. The van der Waals surface area contributed by atoms with E-state index in [2.05, 4.69) is 20.6 Å². The number of nitrogens with zero attached hydrogens (tertiary/aromatic N) is 2. The molecule has 0 aliphatic heterocycles. The lowest BCUT2D eigenvalue weighted by atomic mass is 10.1. The normalized spacial score (nSPS) is 12.6. The largest absolute Gasteiger partial charge is 0.416 e. The van der Waals surface area contributed by atoms with Gasteiger partial charge in [-0.25, -0.2) is 18.5 Å². The van der Waals surface area contributed by atoms with Gasteiger partial charge in [0.05, 0.1) is 34.6 Å². The van der Waals surface area contributed by atoms with Crippen molar-refractivity contribution in [1.82, 2.24) is 9.97 Å². The van der Waals surface area contributed by atoms with Gasteiger partial charge in [-0.3, -0.25) is 9.78 Å². The average Bonchev–Trinajstić information content (AvgIpc) is 2.88. The SMILES string of the molecule is C[C@H](Nc1cncc(-c2ccc(S(N)(=O)=O)cc2)n1)c1cccc(NC(=O)c2cccc(C(F)(F)F)c2)c1. The van der Waals surface area contributed by atoms with Crippen molar-refractivity contribution < 1.29 is 26.4 Å². The van der Waals surface area contributed by atoms with Gasteiger partial charge in [0.2, 0.25) is 10.0 Å². The summed E-state index contributed by atoms with van der Waals surface area (Å²) in [6.07, 6.45) is -1.49. The van der Waals surface area contributed by atoms with Crippen molar-refractivity contribution in [3.63, 3.8) is 0 Å². The summed E-state index contributed by atoms with van der Waals surface area (Å²) in [6.45, 7) is 1.86. The first kappa shape index (κ1) is 26.8. The third kappa shape index (κ3) is 6.52. The predicted octanol–water partition coefficient (Wildman–Crippen LogP) is 5.24. The van der Waals surface area contributed by atoms with Crippen LogP contribution in [0.15, 0.2) is 90.1 Å². The average molecular weight is 542 g/mol. The number of primary sulfonamides is 1. The Bertz CT molecular complexity index is 1580. The molecule has 4 N–H and O–H groups in total. The van der Waals surface area contributed by atoms with Gasteiger partial charge in [-0.15, -0.1) is 0 Å². The van der Waals surface area contributed by atoms with E-state index in [1.54, 1.807) is 30.3 Å². The van der Waals surface area contributed by atoms with Crippen LogP contribution in [0.5, 0.6) is 0 Å². The van der Waals surface area contributed by atoms with Gasteiger partial charge in [-0.2, -0.15) is 13.2 Å². The van der Waals surface area contributed by atoms with E-state index in [9.17, 15) is 26.4 Å². The van der Waals surface area contributed by atoms with E-state index in [0.717, 1.165) is 17.7 Å². The second-order valence-electron chi connectivity index (χ2n) is 8.38. The van der Waals surface area contributed by atoms with E-state index in [4.69, 9.17) is 5.14 Å². The maximum Gasteiger partial charge on any atom is 0.416 e. The van der Waals surface area contributed by atoms with E-state index in [1.807, 2.05) is 13.0 Å². The summed E-state index contributed by atoms with van der Waals surface area (Å²) in [7, 11) is -3.81. The Morgan fingerprint density at radius 2 is 1.68 bits per heavy atom. The minimum absolute atomic E-state index is 0.0165. The van der Waals surface area contributed by atoms with Crippen LogP contribution < -0.4 is 15.8 Å². The number of nitrogens with one attached hydrogen (secondary N) is 2. The molecule has 1 heterocycles. The maximum absolute atomic E-state index is 13.0. The number of benzene rings is 3. The van der Waals surface area contributed by atoms with Gasteiger partial charge in [-0.1, -0.05) is 30.3 Å². The lowest BCUT2D eigenvalue weighted by molar-refractivity contribution is -0.137. The summed E-state index contributed by atoms with van der Waals surface area (Å²) in [6, 6.07) is 16.7. The summed E-state index contributed by atoms with van der Waals surface area (Å²) in [5.41, 5.74) is 1.32. The fourth-order valence-corrected chi connectivity index (χ4v) is 4.14. The molecule has 8 nitrogen and oxygen atoms in total. The number of carbonyl (C=O) groups excluding carboxylic acids is 1. The monoisotopic (exact) mass is 541 g/mol. The molecule has 0 bridgehead atoms. The van der Waals surface area contributed by atoms with Gasteiger partial charge in [0.25, 0.3) is 5.91 Å². The summed E-state index contributed by atoms with van der Waals surface area (Å²) in [5.74, 6) is -0.218. The first-order valence-electron chi connectivity index (χ1n) is 11.2. The molecule has 1 aromatic heterocycles. The van der Waals surface area contributed by atoms with Crippen molar-refractivity contribution in [3.8, 4) is 11.3 Å². The molecular formula is C26H22F3N5O3S. The fourth-order valence-electron chi connectivity index (χ4n) is 3.62. The van der Waals surface area contributed by atoms with Crippen LogP contribution in [0.25, 0.3) is 11.3 Å². The molecule has 38 heavy (non-hydrogen) atoms. The smallest absolute Gasteiger partial charge is 0.362 e. The highest BCUT2D eigenvalue weighted by atomic mass is 32.2. The lowest BCUT2D eigenvalue weighted by Gasteiger charge is -2.17. The molecule has 196 valence electrons. The number of hydrogen-bond donors (Lipinski definition) is 3. The van der Waals surface area contributed by atoms with Crippen LogP contribution in [0.1, 0.15) is 34.5 Å². The summed E-state index contributed by atoms with van der Waals surface area (Å²) >= 11 is 0. The molecule has 0 aliphatic rings. The minimum atomic E-state index is -4.55. The zero-order valence-electron chi connectivity index (χ0n) is 19.9. The molecule has 0 radical (unpaired) electrons. The van der Waals surface area contributed by atoms with Crippen molar-refractivity contribution >= 4 is 27.4 Å². The van der Waals surface area contributed by atoms with E-state index >= 15 is 0 Å². The first-order valence-corrected chi connectivity index (χ1v) is 12.8. The van der Waals surface area contributed by atoms with Crippen LogP contribution in [0, 0.1) is 0 Å². The Labute approximate surface area is 216 Å². The number of halogens is 3. The van der Waals surface area contributed by atoms with Crippen molar-refractivity contribution in [2.24, 2.45) is 5.14 Å². The van der Waals surface area contributed by atoms with Crippen molar-refractivity contribution in [1.29, 1.82) is 0 Å². The lowest BCUT2D eigenvalue weighted by Crippen LogP contribution is -2.14. The van der Waals surface area contributed by atoms with Gasteiger partial charge in [0.15, 0.2) is 0 Å². The summed E-state index contributed by atoms with van der Waals surface area (Å²) < 4.78 is 61.9. The number of sulfonamides is 1. The molecule has 0 spiro atoms. The summed E-state index contributed by atoms with van der Waals surface area (Å²) in [4.78, 5) is 21.3. The highest BCUT2D eigenvalue weighted by Gasteiger charge is 2.30. The second-order valence-corrected chi connectivity index (χ2v) is 9.94. The van der Waals surface area contributed by atoms with Gasteiger partial charge >= 0.3 is 6.18 Å². The van der Waals surface area contributed by atoms with Gasteiger partial charge in [-0.05, 0) is 55.0 Å². The van der Waals surface area contributed by atoms with Gasteiger partial charge < -0.3 is 10.6 Å². The third-order valence-corrected chi connectivity index (χ3v) is 6.50. The molecule has 4 aromatic rings. The van der Waals surface area contributed by atoms with E-state index in [-0.39, 0.29) is 16.5 Å². The number of anilines is 2. The van der Waals surface area contributed by atoms with Gasteiger partial charge in [0, 0.05) is 16.8 Å². The van der Waals surface area contributed by atoms with Crippen LogP contribution in [-0.2, 0) is 16.2 Å². The Hall–Kier alpha value is -4.29. The molecule has 0 saturated heterocycles. The van der Waals surface area contributed by atoms with Crippen LogP contribution in [0.3, 0.4) is 0 Å². The molecule has 12 heteroatoms. The molecule has 1 atom stereocenters. The number of aromatic nitrogens is 2. The van der Waals surface area contributed by atoms with Crippen LogP contribution in [-0.4, -0.2) is 24.3 Å². The number of carbonyl (C=O) groups is 1. The number of alkyl halides is 3. The molecule has 0 fully saturated rings. The molecule has 1 amide bonds. The standard InChI is InChI=1S/C26H22F3N5O3S/c1-16(32-24-15-31-14-23(34-24)17-8-10-22(11-9-17)38(30,36)37)18-4-3-7-21(13-18)33-25(35)19-5-2-6-20(12-19)26(27,28)29/h2-16H,1H3,(H,32,34)(H,33,35)(H2,30,36,37)/t16-/m0/s1. The van der Waals surface area contributed by atoms with Crippen LogP contribution in [0.2, 0.25) is 0 Å². The van der Waals surface area contributed by atoms with Crippen molar-refractivity contribution in [3.05, 3.63) is 102 Å². The Morgan fingerprint density at radius 3 is 2.37 bits per heavy atom. The zero-order valence-corrected chi connectivity index (χ0v) is 20.7. The van der Waals surface area contributed by atoms with E-state index in [0.29, 0.717) is 22.8 Å². The van der Waals surface area contributed by atoms with E-state index < -0.39 is 27.7 Å². The molecule has 0 aliphatic carbocycles. The Kier molecular flexibility index (Phi) is 7.46. The maximum atomic E-state index is 13.0. The highest BCUT2D eigenvalue weighted by molar-refractivity contribution is 7.89. The number of amides is 1. The van der Waals surface area contributed by atoms with Crippen molar-refractivity contribution in [2.45, 2.75) is 24.0 Å². The number of rotatable bonds is 7. The van der Waals surface area contributed by atoms with Crippen molar-refractivity contribution in [2.75, 3.05) is 10.6 Å². The summed E-state index contributed by atoms with van der Waals surface area (Å²) in [5, 5.41) is 11.0. The molecule has 0 unspecified atom stereocenters. The quantitative estimate of drug-likeness (QED) is 0.294. The van der Waals surface area contributed by atoms with Crippen LogP contribution in [0.4, 0.5) is 24.7 Å². The number of nitrogens with two attached hydrogens (primary N) is 1. The highest BCUT2D eigenvalue weighted by Crippen LogP contribution is 2.30. The Morgan fingerprint density at radius 1 is 0.974 bits per heavy atom. The molecule has 0 saturated carbocycles. The second kappa shape index (κ2) is 10.6. The molecular weight excluding hydrogens is 519 g/mol. The third-order valence-electron chi connectivity index (χ3n) is 5.57.